The fourth-order valence-electron chi connectivity index (χ4n) is 6.82. The lowest BCUT2D eigenvalue weighted by Crippen LogP contribution is -2.60. The van der Waals surface area contributed by atoms with Crippen LogP contribution in [-0.2, 0) is 23.9 Å². The van der Waals surface area contributed by atoms with Gasteiger partial charge in [0.2, 0.25) is 5.91 Å². The number of carbonyl (C=O) groups excluding carboxylic acids is 3. The number of carbonyl (C=O) groups is 3. The second kappa shape index (κ2) is 13.0. The van der Waals surface area contributed by atoms with E-state index in [4.69, 9.17) is 21.1 Å². The van der Waals surface area contributed by atoms with Crippen molar-refractivity contribution in [2.75, 3.05) is 24.7 Å². The van der Waals surface area contributed by atoms with Crippen LogP contribution in [0.3, 0.4) is 0 Å². The SMILES string of the molecule is C=CCCCOC(=O)[C@H]1[C@H]2C(=O)N([C@@H](CO)[C@@H](C)CC)C(C(=O)N(CC=C)c3c(C)cccc3Cl)C23CC(Br)[C@@H]1O3. The van der Waals surface area contributed by atoms with E-state index in [-0.39, 0.29) is 42.3 Å². The van der Waals surface area contributed by atoms with E-state index in [0.717, 1.165) is 5.56 Å². The smallest absolute Gasteiger partial charge is 0.312 e. The Hall–Kier alpha value is -2.20. The Morgan fingerprint density at radius 3 is 2.71 bits per heavy atom. The lowest BCUT2D eigenvalue weighted by atomic mass is 9.70. The van der Waals surface area contributed by atoms with E-state index >= 15 is 0 Å². The van der Waals surface area contributed by atoms with Crippen LogP contribution in [0, 0.1) is 24.7 Å². The molecule has 0 aliphatic carbocycles. The number of halogens is 2. The first kappa shape index (κ1) is 31.7. The van der Waals surface area contributed by atoms with E-state index in [2.05, 4.69) is 29.1 Å². The number of anilines is 1. The molecule has 3 aliphatic heterocycles. The molecule has 224 valence electrons. The zero-order valence-corrected chi connectivity index (χ0v) is 26.3. The lowest BCUT2D eigenvalue weighted by molar-refractivity contribution is -0.156. The van der Waals surface area contributed by atoms with Gasteiger partial charge in [0.15, 0.2) is 0 Å². The van der Waals surface area contributed by atoms with Crippen LogP contribution in [0.15, 0.2) is 43.5 Å². The number of allylic oxidation sites excluding steroid dienone is 1. The molecule has 8 nitrogen and oxygen atoms in total. The largest absolute Gasteiger partial charge is 0.465 e. The molecule has 0 radical (unpaired) electrons. The molecule has 1 N–H and O–H groups in total. The molecule has 2 amide bonds. The van der Waals surface area contributed by atoms with E-state index in [1.54, 1.807) is 23.1 Å². The number of aliphatic hydroxyl groups excluding tert-OH is 1. The summed E-state index contributed by atoms with van der Waals surface area (Å²) < 4.78 is 12.2. The molecule has 0 aromatic heterocycles. The minimum Gasteiger partial charge on any atom is -0.465 e. The van der Waals surface area contributed by atoms with Crippen LogP contribution < -0.4 is 4.90 Å². The summed E-state index contributed by atoms with van der Waals surface area (Å²) in [5, 5.41) is 11.0. The first-order chi connectivity index (χ1) is 19.6. The Kier molecular flexibility index (Phi) is 10.0. The zero-order chi connectivity index (χ0) is 30.1. The Morgan fingerprint density at radius 2 is 2.10 bits per heavy atom. The molecule has 41 heavy (non-hydrogen) atoms. The highest BCUT2D eigenvalue weighted by molar-refractivity contribution is 9.09. The molecule has 3 unspecified atom stereocenters. The molecule has 0 saturated carbocycles. The highest BCUT2D eigenvalue weighted by atomic mass is 79.9. The number of nitrogens with zero attached hydrogens (tertiary/aromatic N) is 2. The number of alkyl halides is 1. The maximum atomic E-state index is 14.8. The standard InChI is InChI=1S/C31H40BrClN2O6/c1-6-9-10-15-40-30(39)23-24-28(37)35(22(17-36)18(4)8-3)27(31(24)16-20(32)26(23)41-31)29(38)34(14-7-2)25-19(5)12-11-13-21(25)33/h6-7,11-13,18,20,22-24,26-27,36H,1-2,8-10,14-17H2,3-5H3/t18-,20?,22-,23-,24-,26-,27?,31?/m0/s1. The molecule has 2 bridgehead atoms. The minimum absolute atomic E-state index is 0.120. The molecule has 10 heteroatoms. The number of esters is 1. The summed E-state index contributed by atoms with van der Waals surface area (Å²) >= 11 is 10.3. The number of para-hydroxylation sites is 1. The number of aryl methyl sites for hydroxylation is 1. The van der Waals surface area contributed by atoms with Crippen LogP contribution >= 0.6 is 27.5 Å². The van der Waals surface area contributed by atoms with Gasteiger partial charge in [-0.1, -0.05) is 72.1 Å². The average molecular weight is 652 g/mol. The van der Waals surface area contributed by atoms with Crippen LogP contribution in [0.2, 0.25) is 5.02 Å². The fraction of sp³-hybridized carbons (Fsp3) is 0.581. The van der Waals surface area contributed by atoms with Gasteiger partial charge in [0.05, 0.1) is 47.9 Å². The minimum atomic E-state index is -1.28. The van der Waals surface area contributed by atoms with Crippen LogP contribution in [-0.4, -0.2) is 76.2 Å². The summed E-state index contributed by atoms with van der Waals surface area (Å²) in [7, 11) is 0. The maximum absolute atomic E-state index is 14.8. The molecule has 1 aromatic carbocycles. The second-order valence-corrected chi connectivity index (χ2v) is 12.9. The highest BCUT2D eigenvalue weighted by Gasteiger charge is 2.77. The molecule has 3 fully saturated rings. The second-order valence-electron chi connectivity index (χ2n) is 11.3. The molecule has 1 spiro atoms. The van der Waals surface area contributed by atoms with Gasteiger partial charge in [-0.15, -0.1) is 13.2 Å². The van der Waals surface area contributed by atoms with Gasteiger partial charge >= 0.3 is 5.97 Å². The van der Waals surface area contributed by atoms with Gasteiger partial charge in [-0.25, -0.2) is 0 Å². The van der Waals surface area contributed by atoms with Crippen molar-refractivity contribution in [2.45, 2.75) is 75.1 Å². The summed E-state index contributed by atoms with van der Waals surface area (Å²) in [5.74, 6) is -3.18. The van der Waals surface area contributed by atoms with E-state index < -0.39 is 41.6 Å². The number of hydrogen-bond acceptors (Lipinski definition) is 6. The number of hydrogen-bond donors (Lipinski definition) is 1. The zero-order valence-electron chi connectivity index (χ0n) is 23.9. The summed E-state index contributed by atoms with van der Waals surface area (Å²) in [4.78, 5) is 45.5. The predicted molar refractivity (Wildman–Crippen MR) is 162 cm³/mol. The van der Waals surface area contributed by atoms with Crippen LogP contribution in [0.5, 0.6) is 0 Å². The van der Waals surface area contributed by atoms with Crippen molar-refractivity contribution in [3.63, 3.8) is 0 Å². The van der Waals surface area contributed by atoms with Gasteiger partial charge in [0, 0.05) is 11.4 Å². The van der Waals surface area contributed by atoms with Gasteiger partial charge in [0.1, 0.15) is 11.6 Å². The Bertz CT molecular complexity index is 1170. The molecular weight excluding hydrogens is 612 g/mol. The molecule has 3 saturated heterocycles. The number of unbranched alkanes of at least 4 members (excludes halogenated alkanes) is 1. The normalized spacial score (nSPS) is 29.7. The van der Waals surface area contributed by atoms with E-state index in [9.17, 15) is 19.5 Å². The number of rotatable bonds is 13. The van der Waals surface area contributed by atoms with Gasteiger partial charge < -0.3 is 24.4 Å². The summed E-state index contributed by atoms with van der Waals surface area (Å²) in [6.45, 7) is 13.3. The van der Waals surface area contributed by atoms with Crippen molar-refractivity contribution < 1.29 is 29.0 Å². The number of aliphatic hydroxyl groups is 1. The summed E-state index contributed by atoms with van der Waals surface area (Å²) in [5.41, 5.74) is 0.0264. The van der Waals surface area contributed by atoms with Crippen molar-refractivity contribution in [3.8, 4) is 0 Å². The summed E-state index contributed by atoms with van der Waals surface area (Å²) in [6, 6.07) is 3.64. The third-order valence-electron chi connectivity index (χ3n) is 8.91. The van der Waals surface area contributed by atoms with Crippen molar-refractivity contribution in [1.82, 2.24) is 4.90 Å². The van der Waals surface area contributed by atoms with Crippen LogP contribution in [0.1, 0.15) is 45.1 Å². The third-order valence-corrected chi connectivity index (χ3v) is 10.1. The molecule has 4 rings (SSSR count). The molecule has 1 aromatic rings. The Labute approximate surface area is 255 Å². The highest BCUT2D eigenvalue weighted by Crippen LogP contribution is 2.61. The van der Waals surface area contributed by atoms with Crippen LogP contribution in [0.4, 0.5) is 5.69 Å². The predicted octanol–water partition coefficient (Wildman–Crippen LogP) is 4.83. The number of amides is 2. The van der Waals surface area contributed by atoms with Crippen molar-refractivity contribution in [3.05, 3.63) is 54.1 Å². The van der Waals surface area contributed by atoms with E-state index in [1.165, 1.54) is 4.90 Å². The first-order valence-corrected chi connectivity index (χ1v) is 15.6. The topological polar surface area (TPSA) is 96.4 Å². The van der Waals surface area contributed by atoms with Gasteiger partial charge in [0.25, 0.3) is 5.91 Å². The number of ether oxygens (including phenoxy) is 2. The molecule has 8 atom stereocenters. The van der Waals surface area contributed by atoms with Crippen molar-refractivity contribution in [2.24, 2.45) is 17.8 Å². The van der Waals surface area contributed by atoms with Crippen molar-refractivity contribution >= 4 is 51.0 Å². The van der Waals surface area contributed by atoms with Gasteiger partial charge in [-0.3, -0.25) is 14.4 Å². The van der Waals surface area contributed by atoms with E-state index in [0.29, 0.717) is 36.4 Å². The lowest BCUT2D eigenvalue weighted by Gasteiger charge is -2.41. The first-order valence-electron chi connectivity index (χ1n) is 14.3. The van der Waals surface area contributed by atoms with Crippen molar-refractivity contribution in [1.29, 1.82) is 0 Å². The van der Waals surface area contributed by atoms with E-state index in [1.807, 2.05) is 32.9 Å². The van der Waals surface area contributed by atoms with Gasteiger partial charge in [-0.2, -0.15) is 0 Å². The fourth-order valence-corrected chi connectivity index (χ4v) is 8.08. The monoisotopic (exact) mass is 650 g/mol. The number of fused-ring (bicyclic) bond motifs is 1. The summed E-state index contributed by atoms with van der Waals surface area (Å²) in [6.07, 6.45) is 5.08. The Morgan fingerprint density at radius 1 is 1.37 bits per heavy atom. The molecule has 3 heterocycles. The number of benzene rings is 1. The van der Waals surface area contributed by atoms with Crippen LogP contribution in [0.25, 0.3) is 0 Å². The number of likely N-dealkylation sites (tertiary alicyclic amines) is 1. The quantitative estimate of drug-likeness (QED) is 0.142. The average Bonchev–Trinajstić information content (AvgIpc) is 3.54. The molecular formula is C31H40BrClN2O6. The third kappa shape index (κ3) is 5.39. The van der Waals surface area contributed by atoms with Gasteiger partial charge in [-0.05, 0) is 43.7 Å². The maximum Gasteiger partial charge on any atom is 0.312 e. The molecule has 3 aliphatic rings. The Balaban J connectivity index is 1.83.